The number of imide groups is 1. The second-order valence-electron chi connectivity index (χ2n) is 21.5. The molecule has 0 bridgehead atoms. The third-order valence-corrected chi connectivity index (χ3v) is 16.0. The molecule has 10 heterocycles. The number of nitrogens with zero attached hydrogens (tertiary/aromatic N) is 16. The first-order valence-electron chi connectivity index (χ1n) is 27.9. The Morgan fingerprint density at radius 3 is 1.63 bits per heavy atom. The van der Waals surface area contributed by atoms with Crippen molar-refractivity contribution in [1.82, 2.24) is 58.5 Å². The van der Waals surface area contributed by atoms with E-state index in [1.54, 1.807) is 68.7 Å². The molecule has 22 nitrogen and oxygen atoms in total. The minimum absolute atomic E-state index is 0.00639. The van der Waals surface area contributed by atoms with E-state index in [0.717, 1.165) is 126 Å². The lowest BCUT2D eigenvalue weighted by Crippen LogP contribution is -2.45. The fourth-order valence-corrected chi connectivity index (χ4v) is 9.09. The number of amidine groups is 4. The summed E-state index contributed by atoms with van der Waals surface area (Å²) in [6.45, 7) is 31.8. The number of piperidine rings is 1. The van der Waals surface area contributed by atoms with Gasteiger partial charge in [-0.3, -0.25) is 68.0 Å². The Morgan fingerprint density at radius 1 is 0.602 bits per heavy atom. The van der Waals surface area contributed by atoms with Gasteiger partial charge in [-0.15, -0.1) is 0 Å². The molecule has 1 unspecified atom stereocenters. The van der Waals surface area contributed by atoms with E-state index in [2.05, 4.69) is 95.9 Å². The van der Waals surface area contributed by atoms with Crippen LogP contribution in [-0.4, -0.2) is 195 Å². The van der Waals surface area contributed by atoms with E-state index < -0.39 is 0 Å². The maximum atomic E-state index is 11.3. The molecule has 0 spiro atoms. The quantitative estimate of drug-likeness (QED) is 0.214. The van der Waals surface area contributed by atoms with Crippen molar-refractivity contribution in [2.45, 2.75) is 121 Å². The Hall–Kier alpha value is -8.04. The molecule has 0 N–H and O–H groups in total. The number of likely N-dealkylation sites (tertiary alicyclic amines) is 2. The molecule has 0 radical (unpaired) electrons. The number of fused-ring (bicyclic) bond motifs is 2. The van der Waals surface area contributed by atoms with Crippen molar-refractivity contribution in [3.05, 3.63) is 126 Å². The zero-order chi connectivity index (χ0) is 63.1. The van der Waals surface area contributed by atoms with Crippen LogP contribution in [0.25, 0.3) is 0 Å². The number of allylic oxidation sites excluding steroid dienone is 3. The predicted molar refractivity (Wildman–Crippen MR) is 334 cm³/mol. The molecule has 454 valence electrons. The van der Waals surface area contributed by atoms with E-state index in [4.69, 9.17) is 0 Å². The Bertz CT molecular complexity index is 3080. The molecule has 0 aromatic carbocycles. The maximum absolute atomic E-state index is 11.3. The molecule has 2 aromatic rings. The van der Waals surface area contributed by atoms with E-state index in [0.29, 0.717) is 18.9 Å². The van der Waals surface area contributed by atoms with Crippen molar-refractivity contribution in [3.63, 3.8) is 0 Å². The Labute approximate surface area is 493 Å². The largest absolute Gasteiger partial charge is 0.357 e. The molecule has 3 saturated heterocycles. The van der Waals surface area contributed by atoms with Gasteiger partial charge in [-0.25, -0.2) is 9.67 Å². The van der Waals surface area contributed by atoms with Gasteiger partial charge in [-0.05, 0) is 105 Å². The van der Waals surface area contributed by atoms with Crippen molar-refractivity contribution >= 4 is 47.0 Å². The molecule has 8 aliphatic rings. The number of likely N-dealkylation sites (N-methyl/N-ethyl adjacent to an activating group) is 4. The lowest BCUT2D eigenvalue weighted by Gasteiger charge is -2.41. The van der Waals surface area contributed by atoms with Crippen LogP contribution in [0.5, 0.6) is 0 Å². The SMILES string of the molecule is C=C1CC(=NC)N(C)C1C.C=C1N(C)C(=O)C=C2CCCN12.CC1=CC(=O)N(C)C2=CCN12.CC1CC(=O)N(C)C(=O)C1.CN=C1CC=C(C)N1C.CN=C1CN=C(C)N1C.Cc1nc(C)n(C)c(=O)c1C.Cc1nn(C)c(=O)c(C)c1C. The smallest absolute Gasteiger partial charge is 0.269 e. The average molecular weight is 1150 g/mol. The van der Waals surface area contributed by atoms with Crippen molar-refractivity contribution in [3.8, 4) is 0 Å². The summed E-state index contributed by atoms with van der Waals surface area (Å²) in [5.41, 5.74) is 9.05. The van der Waals surface area contributed by atoms with Crippen molar-refractivity contribution in [2.24, 2.45) is 40.0 Å². The molecule has 2 aromatic heterocycles. The highest BCUT2D eigenvalue weighted by atomic mass is 16.2. The number of aliphatic imine (C=N–C) groups is 4. The summed E-state index contributed by atoms with van der Waals surface area (Å²) >= 11 is 0. The second kappa shape index (κ2) is 30.9. The van der Waals surface area contributed by atoms with Crippen LogP contribution < -0.4 is 11.1 Å². The van der Waals surface area contributed by atoms with Crippen LogP contribution in [0.15, 0.2) is 101 Å². The summed E-state index contributed by atoms with van der Waals surface area (Å²) in [7, 11) is 20.0. The zero-order valence-corrected chi connectivity index (χ0v) is 53.8. The maximum Gasteiger partial charge on any atom is 0.269 e. The fraction of sp³-hybridized carbons (Fsp3) is 0.541. The minimum atomic E-state index is -0.0521. The first-order chi connectivity index (χ1) is 38.7. The summed E-state index contributed by atoms with van der Waals surface area (Å²) < 4.78 is 2.93. The molecular weight excluding hydrogens is 1050 g/mol. The normalized spacial score (nSPS) is 20.3. The van der Waals surface area contributed by atoms with Gasteiger partial charge in [0.15, 0.2) is 0 Å². The number of carbonyl (C=O) groups excluding carboxylic acids is 4. The first kappa shape index (κ1) is 69.2. The van der Waals surface area contributed by atoms with E-state index in [1.807, 2.05) is 88.5 Å². The highest BCUT2D eigenvalue weighted by Gasteiger charge is 2.31. The Morgan fingerprint density at radius 2 is 1.18 bits per heavy atom. The third-order valence-electron chi connectivity index (χ3n) is 16.0. The van der Waals surface area contributed by atoms with E-state index >= 15 is 0 Å². The van der Waals surface area contributed by atoms with Gasteiger partial charge in [0.25, 0.3) is 22.9 Å². The van der Waals surface area contributed by atoms with Gasteiger partial charge < -0.3 is 24.5 Å². The number of hydrogen-bond donors (Lipinski definition) is 0. The molecule has 1 atom stereocenters. The number of aromatic nitrogens is 4. The van der Waals surface area contributed by atoms with Crippen molar-refractivity contribution in [2.75, 3.05) is 83.1 Å². The highest BCUT2D eigenvalue weighted by molar-refractivity contribution is 6.05. The zero-order valence-electron chi connectivity index (χ0n) is 53.8. The van der Waals surface area contributed by atoms with Gasteiger partial charge in [0.05, 0.1) is 12.2 Å². The summed E-state index contributed by atoms with van der Waals surface area (Å²) in [4.78, 5) is 103. The van der Waals surface area contributed by atoms with Gasteiger partial charge in [-0.1, -0.05) is 26.2 Å². The minimum Gasteiger partial charge on any atom is -0.357 e. The molecule has 22 heteroatoms. The van der Waals surface area contributed by atoms with E-state index in [-0.39, 0.29) is 40.7 Å². The van der Waals surface area contributed by atoms with Crippen LogP contribution in [0.1, 0.15) is 107 Å². The second-order valence-corrected chi connectivity index (χ2v) is 21.5. The summed E-state index contributed by atoms with van der Waals surface area (Å²) in [6.07, 6.45) is 12.7. The van der Waals surface area contributed by atoms with Crippen LogP contribution in [0, 0.1) is 47.5 Å². The number of rotatable bonds is 0. The van der Waals surface area contributed by atoms with Crippen LogP contribution >= 0.6 is 0 Å². The predicted octanol–water partition coefficient (Wildman–Crippen LogP) is 6.17. The highest BCUT2D eigenvalue weighted by Crippen LogP contribution is 2.30. The average Bonchev–Trinajstić information content (AvgIpc) is 4.19. The topological polar surface area (TPSA) is 213 Å². The van der Waals surface area contributed by atoms with Crippen LogP contribution in [0.2, 0.25) is 0 Å². The number of carbonyl (C=O) groups is 4. The summed E-state index contributed by atoms with van der Waals surface area (Å²) in [6, 6.07) is 0.471. The number of aryl methyl sites for hydroxylation is 4. The number of hydrogen-bond acceptors (Lipinski definition) is 14. The van der Waals surface area contributed by atoms with Gasteiger partial charge in [-0.2, -0.15) is 5.10 Å². The van der Waals surface area contributed by atoms with Gasteiger partial charge in [0.2, 0.25) is 11.8 Å². The molecule has 4 amide bonds. The molecule has 0 saturated carbocycles. The van der Waals surface area contributed by atoms with Crippen molar-refractivity contribution in [1.29, 1.82) is 0 Å². The molecule has 3 fully saturated rings. The van der Waals surface area contributed by atoms with E-state index in [9.17, 15) is 28.8 Å². The molecular formula is C61H94N16O6. The third kappa shape index (κ3) is 17.7. The monoisotopic (exact) mass is 1150 g/mol. The van der Waals surface area contributed by atoms with Crippen LogP contribution in [-0.2, 0) is 33.3 Å². The lowest BCUT2D eigenvalue weighted by atomic mass is 9.98. The van der Waals surface area contributed by atoms with Crippen molar-refractivity contribution < 1.29 is 19.2 Å². The lowest BCUT2D eigenvalue weighted by molar-refractivity contribution is -0.147. The van der Waals surface area contributed by atoms with E-state index in [1.165, 1.54) is 27.9 Å². The molecule has 83 heavy (non-hydrogen) atoms. The summed E-state index contributed by atoms with van der Waals surface area (Å²) in [5, 5.41) is 4.04. The van der Waals surface area contributed by atoms with Gasteiger partial charge in [0.1, 0.15) is 40.8 Å². The standard InChI is InChI=1S/C9H12N2O.C8H10N2O.2C8H12N2O.C8H14N2.C7H12N2.C7H11NO2.C6H11N3/c1-7-10(2)9(12)6-8-4-3-5-11(7)8;1-6-5-8(11)9(2)7-3-4-10(6)7;1-5-6(2)9-7(3)10(4)8(5)11;1-5-6(2)8(11)10(4)9-7(5)3;1-6-5-8(9-3)10(4)7(6)2;1-6-4-5-7(8-2)9(6)3;1-5-3-6(9)8(2)7(10)4-5;1-5-8-4-6(7-2)9(5)3/h6H,1,3-5H2,2H3;3,5H,4H2,1-2H3;2*1-4H3;7H,1,5H2,2-4H3;4H,5H2,1-3H3;5H,3-4H2,1-2H3;4H2,1-3H3. The molecule has 0 aliphatic carbocycles. The Kier molecular flexibility index (Phi) is 25.7. The summed E-state index contributed by atoms with van der Waals surface area (Å²) in [5.74, 6) is 7.26. The van der Waals surface area contributed by atoms with Gasteiger partial charge >= 0.3 is 0 Å². The van der Waals surface area contributed by atoms with Gasteiger partial charge in [0, 0.05) is 168 Å². The fourth-order valence-electron chi connectivity index (χ4n) is 9.09. The molecule has 8 aliphatic heterocycles. The molecule has 10 rings (SSSR count). The van der Waals surface area contributed by atoms with Crippen LogP contribution in [0.3, 0.4) is 0 Å². The number of amides is 4. The van der Waals surface area contributed by atoms with Crippen LogP contribution in [0.4, 0.5) is 0 Å². The Balaban J connectivity index is 0.000000249. The first-order valence-corrected chi connectivity index (χ1v) is 27.9.